The molecule has 1 aromatic rings. The minimum Gasteiger partial charge on any atom is -0.341 e. The molecule has 0 saturated carbocycles. The molecule has 0 aromatic carbocycles. The number of nitrogens with one attached hydrogen (secondary N) is 1. The summed E-state index contributed by atoms with van der Waals surface area (Å²) in [6.07, 6.45) is 6.90. The van der Waals surface area contributed by atoms with Gasteiger partial charge in [-0.25, -0.2) is 9.97 Å². The zero-order valence-electron chi connectivity index (χ0n) is 10.7. The van der Waals surface area contributed by atoms with Crippen molar-refractivity contribution in [2.75, 3.05) is 24.5 Å². The molecule has 4 heteroatoms. The van der Waals surface area contributed by atoms with Crippen LogP contribution in [0, 0.1) is 0 Å². The molecular formula is C13H22N4. The molecule has 1 aliphatic rings. The van der Waals surface area contributed by atoms with Crippen molar-refractivity contribution < 1.29 is 0 Å². The van der Waals surface area contributed by atoms with Crippen molar-refractivity contribution in [1.82, 2.24) is 15.3 Å². The van der Waals surface area contributed by atoms with Crippen molar-refractivity contribution in [3.8, 4) is 0 Å². The van der Waals surface area contributed by atoms with Gasteiger partial charge in [-0.2, -0.15) is 0 Å². The first kappa shape index (κ1) is 12.3. The van der Waals surface area contributed by atoms with Crippen LogP contribution in [0.5, 0.6) is 0 Å². The summed E-state index contributed by atoms with van der Waals surface area (Å²) in [7, 11) is 0. The van der Waals surface area contributed by atoms with Gasteiger partial charge in [0.05, 0.1) is 5.69 Å². The van der Waals surface area contributed by atoms with Gasteiger partial charge in [-0.3, -0.25) is 0 Å². The van der Waals surface area contributed by atoms with E-state index in [1.807, 2.05) is 12.3 Å². The average Bonchev–Trinajstić information content (AvgIpc) is 2.41. The third-order valence-electron chi connectivity index (χ3n) is 3.07. The molecule has 1 fully saturated rings. The number of hydrogen-bond donors (Lipinski definition) is 1. The van der Waals surface area contributed by atoms with Gasteiger partial charge >= 0.3 is 0 Å². The van der Waals surface area contributed by atoms with Gasteiger partial charge in [-0.05, 0) is 38.3 Å². The highest BCUT2D eigenvalue weighted by atomic mass is 15.2. The van der Waals surface area contributed by atoms with Crippen LogP contribution in [-0.2, 0) is 6.54 Å². The Labute approximate surface area is 103 Å². The summed E-state index contributed by atoms with van der Waals surface area (Å²) in [5.74, 6) is 0.903. The second kappa shape index (κ2) is 6.55. The molecular weight excluding hydrogens is 212 g/mol. The van der Waals surface area contributed by atoms with Gasteiger partial charge in [-0.1, -0.05) is 6.92 Å². The average molecular weight is 234 g/mol. The molecule has 1 N–H and O–H groups in total. The molecule has 94 valence electrons. The van der Waals surface area contributed by atoms with Crippen LogP contribution in [0.15, 0.2) is 12.3 Å². The van der Waals surface area contributed by atoms with E-state index in [-0.39, 0.29) is 0 Å². The third kappa shape index (κ3) is 3.66. The number of aromatic nitrogens is 2. The van der Waals surface area contributed by atoms with Crippen LogP contribution in [-0.4, -0.2) is 29.6 Å². The van der Waals surface area contributed by atoms with Gasteiger partial charge in [0.15, 0.2) is 0 Å². The summed E-state index contributed by atoms with van der Waals surface area (Å²) in [4.78, 5) is 11.3. The molecule has 4 nitrogen and oxygen atoms in total. The van der Waals surface area contributed by atoms with Gasteiger partial charge < -0.3 is 10.2 Å². The first-order valence-corrected chi connectivity index (χ1v) is 6.67. The van der Waals surface area contributed by atoms with E-state index in [4.69, 9.17) is 0 Å². The van der Waals surface area contributed by atoms with Crippen LogP contribution in [0.1, 0.15) is 38.3 Å². The van der Waals surface area contributed by atoms with E-state index >= 15 is 0 Å². The van der Waals surface area contributed by atoms with Crippen molar-refractivity contribution in [2.45, 2.75) is 39.2 Å². The topological polar surface area (TPSA) is 41.1 Å². The quantitative estimate of drug-likeness (QED) is 0.791. The molecule has 2 rings (SSSR count). The molecule has 1 saturated heterocycles. The number of piperidine rings is 1. The zero-order chi connectivity index (χ0) is 11.9. The van der Waals surface area contributed by atoms with Crippen LogP contribution in [0.3, 0.4) is 0 Å². The Morgan fingerprint density at radius 1 is 1.29 bits per heavy atom. The molecule has 0 bridgehead atoms. The predicted molar refractivity (Wildman–Crippen MR) is 70.1 cm³/mol. The molecule has 17 heavy (non-hydrogen) atoms. The Bertz CT molecular complexity index is 334. The summed E-state index contributed by atoms with van der Waals surface area (Å²) in [6.45, 7) is 6.27. The molecule has 0 amide bonds. The molecule has 2 heterocycles. The monoisotopic (exact) mass is 234 g/mol. The van der Waals surface area contributed by atoms with Gasteiger partial charge in [0.25, 0.3) is 0 Å². The fourth-order valence-corrected chi connectivity index (χ4v) is 2.12. The maximum absolute atomic E-state index is 4.62. The summed E-state index contributed by atoms with van der Waals surface area (Å²) in [5.41, 5.74) is 1.09. The summed E-state index contributed by atoms with van der Waals surface area (Å²) < 4.78 is 0. The minimum absolute atomic E-state index is 0.844. The van der Waals surface area contributed by atoms with Crippen LogP contribution < -0.4 is 10.2 Å². The van der Waals surface area contributed by atoms with Gasteiger partial charge in [0.2, 0.25) is 5.95 Å². The summed E-state index contributed by atoms with van der Waals surface area (Å²) in [5, 5.41) is 3.37. The van der Waals surface area contributed by atoms with Gasteiger partial charge in [-0.15, -0.1) is 0 Å². The second-order valence-electron chi connectivity index (χ2n) is 4.57. The maximum Gasteiger partial charge on any atom is 0.225 e. The Balaban J connectivity index is 1.95. The highest BCUT2D eigenvalue weighted by Crippen LogP contribution is 2.15. The number of anilines is 1. The van der Waals surface area contributed by atoms with E-state index in [0.717, 1.165) is 44.2 Å². The molecule has 1 aliphatic heterocycles. The van der Waals surface area contributed by atoms with Crippen LogP contribution >= 0.6 is 0 Å². The van der Waals surface area contributed by atoms with Gasteiger partial charge in [0, 0.05) is 25.8 Å². The summed E-state index contributed by atoms with van der Waals surface area (Å²) in [6, 6.07) is 2.00. The van der Waals surface area contributed by atoms with Crippen molar-refractivity contribution in [3.63, 3.8) is 0 Å². The third-order valence-corrected chi connectivity index (χ3v) is 3.07. The fraction of sp³-hybridized carbons (Fsp3) is 0.692. The molecule has 0 spiro atoms. The van der Waals surface area contributed by atoms with E-state index < -0.39 is 0 Å². The highest BCUT2D eigenvalue weighted by molar-refractivity contribution is 5.30. The van der Waals surface area contributed by atoms with Crippen molar-refractivity contribution in [1.29, 1.82) is 0 Å². The second-order valence-corrected chi connectivity index (χ2v) is 4.57. The van der Waals surface area contributed by atoms with Crippen LogP contribution in [0.25, 0.3) is 0 Å². The number of nitrogens with zero attached hydrogens (tertiary/aromatic N) is 3. The van der Waals surface area contributed by atoms with Gasteiger partial charge in [0.1, 0.15) is 0 Å². The standard InChI is InChI=1S/C13H22N4/c1-2-7-14-11-12-6-8-15-13(16-12)17-9-4-3-5-10-17/h6,8,14H,2-5,7,9-11H2,1H3. The minimum atomic E-state index is 0.844. The smallest absolute Gasteiger partial charge is 0.225 e. The first-order valence-electron chi connectivity index (χ1n) is 6.67. The Morgan fingerprint density at radius 2 is 2.12 bits per heavy atom. The molecule has 0 unspecified atom stereocenters. The Kier molecular flexibility index (Phi) is 4.74. The maximum atomic E-state index is 4.62. The fourth-order valence-electron chi connectivity index (χ4n) is 2.12. The lowest BCUT2D eigenvalue weighted by Gasteiger charge is -2.26. The molecule has 0 radical (unpaired) electrons. The van der Waals surface area contributed by atoms with Crippen molar-refractivity contribution in [3.05, 3.63) is 18.0 Å². The van der Waals surface area contributed by atoms with Crippen molar-refractivity contribution >= 4 is 5.95 Å². The lowest BCUT2D eigenvalue weighted by atomic mass is 10.1. The number of hydrogen-bond acceptors (Lipinski definition) is 4. The lowest BCUT2D eigenvalue weighted by molar-refractivity contribution is 0.566. The molecule has 1 aromatic heterocycles. The van der Waals surface area contributed by atoms with Crippen molar-refractivity contribution in [2.24, 2.45) is 0 Å². The van der Waals surface area contributed by atoms with E-state index in [1.165, 1.54) is 19.3 Å². The van der Waals surface area contributed by atoms with E-state index in [0.29, 0.717) is 0 Å². The number of rotatable bonds is 5. The van der Waals surface area contributed by atoms with E-state index in [2.05, 4.69) is 27.1 Å². The van der Waals surface area contributed by atoms with E-state index in [9.17, 15) is 0 Å². The zero-order valence-corrected chi connectivity index (χ0v) is 10.7. The highest BCUT2D eigenvalue weighted by Gasteiger charge is 2.13. The summed E-state index contributed by atoms with van der Waals surface area (Å²) >= 11 is 0. The van der Waals surface area contributed by atoms with Crippen LogP contribution in [0.2, 0.25) is 0 Å². The largest absolute Gasteiger partial charge is 0.341 e. The molecule has 0 atom stereocenters. The first-order chi connectivity index (χ1) is 8.40. The Hall–Kier alpha value is -1.16. The lowest BCUT2D eigenvalue weighted by Crippen LogP contribution is -2.31. The Morgan fingerprint density at radius 3 is 2.88 bits per heavy atom. The SMILES string of the molecule is CCCNCc1ccnc(N2CCCCC2)n1. The normalized spacial score (nSPS) is 16.2. The van der Waals surface area contributed by atoms with Crippen LogP contribution in [0.4, 0.5) is 5.95 Å². The predicted octanol–water partition coefficient (Wildman–Crippen LogP) is 1.97. The van der Waals surface area contributed by atoms with E-state index in [1.54, 1.807) is 0 Å². The molecule has 0 aliphatic carbocycles.